The number of thioether (sulfide) groups is 1. The summed E-state index contributed by atoms with van der Waals surface area (Å²) in [7, 11) is 4.13. The molecule has 0 fully saturated rings. The number of nitro groups is 1. The zero-order chi connectivity index (χ0) is 22.8. The number of benzene rings is 1. The first-order valence-electron chi connectivity index (χ1n) is 9.85. The van der Waals surface area contributed by atoms with E-state index < -0.39 is 11.0 Å². The number of rotatable bonds is 13. The third kappa shape index (κ3) is 9.18. The minimum atomic E-state index is -0.856. The highest BCUT2D eigenvalue weighted by Gasteiger charge is 2.10. The summed E-state index contributed by atoms with van der Waals surface area (Å²) in [5, 5.41) is 36.4. The zero-order valence-corrected chi connectivity index (χ0v) is 19.6. The topological polar surface area (TPSA) is 111 Å². The van der Waals surface area contributed by atoms with E-state index in [1.54, 1.807) is 23.9 Å². The van der Waals surface area contributed by atoms with E-state index in [0.29, 0.717) is 12.1 Å². The molecular formula is C21H30N4O4S2. The van der Waals surface area contributed by atoms with Gasteiger partial charge in [-0.1, -0.05) is 12.1 Å². The summed E-state index contributed by atoms with van der Waals surface area (Å²) in [5.41, 5.74) is 1.93. The number of thiophene rings is 1. The Balaban J connectivity index is 1.76. The van der Waals surface area contributed by atoms with E-state index in [1.165, 1.54) is 27.5 Å². The van der Waals surface area contributed by atoms with Gasteiger partial charge in [-0.3, -0.25) is 10.1 Å². The Hall–Kier alpha value is -2.27. The van der Waals surface area contributed by atoms with Crippen molar-refractivity contribution < 1.29 is 15.1 Å². The average molecular weight is 467 g/mol. The third-order valence-electron chi connectivity index (χ3n) is 4.34. The molecular weight excluding hydrogens is 436 g/mol. The number of nitrogens with one attached hydrogen (secondary N) is 2. The minimum absolute atomic E-state index is 0.105. The summed E-state index contributed by atoms with van der Waals surface area (Å²) in [4.78, 5) is 15.2. The molecule has 170 valence electrons. The highest BCUT2D eigenvalue weighted by molar-refractivity contribution is 7.98. The summed E-state index contributed by atoms with van der Waals surface area (Å²) < 4.78 is 0. The Morgan fingerprint density at radius 1 is 1.32 bits per heavy atom. The molecule has 1 unspecified atom stereocenters. The van der Waals surface area contributed by atoms with E-state index in [2.05, 4.69) is 42.6 Å². The lowest BCUT2D eigenvalue weighted by atomic mass is 10.1. The lowest BCUT2D eigenvalue weighted by molar-refractivity contribution is -0.404. The Kier molecular flexibility index (Phi) is 10.1. The maximum absolute atomic E-state index is 10.9. The van der Waals surface area contributed by atoms with Crippen molar-refractivity contribution in [2.45, 2.75) is 25.3 Å². The first-order valence-corrected chi connectivity index (χ1v) is 11.8. The zero-order valence-electron chi connectivity index (χ0n) is 18.0. The van der Waals surface area contributed by atoms with Gasteiger partial charge in [0.05, 0.1) is 11.0 Å². The molecule has 8 nitrogen and oxygen atoms in total. The van der Waals surface area contributed by atoms with Crippen LogP contribution in [-0.2, 0) is 12.3 Å². The Morgan fingerprint density at radius 3 is 2.68 bits per heavy atom. The molecule has 1 heterocycles. The second kappa shape index (κ2) is 12.6. The van der Waals surface area contributed by atoms with Crippen molar-refractivity contribution in [2.24, 2.45) is 0 Å². The van der Waals surface area contributed by atoms with Crippen LogP contribution in [0, 0.1) is 17.0 Å². The quantitative estimate of drug-likeness (QED) is 0.203. The first kappa shape index (κ1) is 25.0. The second-order valence-corrected chi connectivity index (χ2v) is 9.68. The number of aryl methyl sites for hydroxylation is 1. The lowest BCUT2D eigenvalue weighted by Crippen LogP contribution is -2.31. The van der Waals surface area contributed by atoms with E-state index in [4.69, 9.17) is 0 Å². The highest BCUT2D eigenvalue weighted by atomic mass is 32.2. The molecule has 2 rings (SSSR count). The van der Waals surface area contributed by atoms with Crippen LogP contribution in [0.1, 0.15) is 27.0 Å². The van der Waals surface area contributed by atoms with Crippen LogP contribution in [0.3, 0.4) is 0 Å². The van der Waals surface area contributed by atoms with Gasteiger partial charge >= 0.3 is 0 Å². The molecule has 1 aromatic carbocycles. The summed E-state index contributed by atoms with van der Waals surface area (Å²) in [6, 6.07) is 8.42. The third-order valence-corrected chi connectivity index (χ3v) is 6.75. The van der Waals surface area contributed by atoms with Crippen LogP contribution < -0.4 is 10.6 Å². The van der Waals surface area contributed by atoms with Crippen molar-refractivity contribution in [1.82, 2.24) is 15.5 Å². The number of hydrogen-bond donors (Lipinski definition) is 4. The number of aliphatic hydroxyl groups is 1. The van der Waals surface area contributed by atoms with Crippen LogP contribution in [0.15, 0.2) is 42.4 Å². The van der Waals surface area contributed by atoms with Gasteiger partial charge in [-0.2, -0.15) is 11.8 Å². The molecule has 0 bridgehead atoms. The molecule has 0 saturated carbocycles. The molecule has 2 aromatic rings. The fourth-order valence-electron chi connectivity index (χ4n) is 2.82. The minimum Gasteiger partial charge on any atom is -0.508 e. The monoisotopic (exact) mass is 466 g/mol. The van der Waals surface area contributed by atoms with Crippen molar-refractivity contribution in [3.63, 3.8) is 0 Å². The molecule has 1 aromatic heterocycles. The number of aliphatic hydroxyl groups excluding tert-OH is 1. The fraction of sp³-hybridized carbons (Fsp3) is 0.429. The van der Waals surface area contributed by atoms with E-state index in [0.717, 1.165) is 24.3 Å². The van der Waals surface area contributed by atoms with Crippen molar-refractivity contribution in [1.29, 1.82) is 0 Å². The summed E-state index contributed by atoms with van der Waals surface area (Å²) in [6.45, 7) is 3.74. The SMILES string of the molecule is Cc1cc(CSCCN/C(=C/[N+](=O)[O-])NCC(O)c2ccc(O)cc2)sc1CN(C)C. The highest BCUT2D eigenvalue weighted by Crippen LogP contribution is 2.26. The smallest absolute Gasteiger partial charge is 0.274 e. The van der Waals surface area contributed by atoms with Gasteiger partial charge in [-0.05, 0) is 50.3 Å². The molecule has 0 amide bonds. The number of hydrogen-bond acceptors (Lipinski definition) is 9. The van der Waals surface area contributed by atoms with Crippen LogP contribution in [0.5, 0.6) is 5.75 Å². The maximum Gasteiger partial charge on any atom is 0.274 e. The molecule has 10 heteroatoms. The molecule has 0 aliphatic rings. The van der Waals surface area contributed by atoms with Gasteiger partial charge in [-0.15, -0.1) is 11.3 Å². The van der Waals surface area contributed by atoms with Gasteiger partial charge < -0.3 is 25.7 Å². The molecule has 0 aliphatic heterocycles. The number of aromatic hydroxyl groups is 1. The van der Waals surface area contributed by atoms with Crippen molar-refractivity contribution >= 4 is 23.1 Å². The molecule has 1 atom stereocenters. The van der Waals surface area contributed by atoms with E-state index >= 15 is 0 Å². The van der Waals surface area contributed by atoms with Crippen LogP contribution >= 0.6 is 23.1 Å². The Labute approximate surface area is 191 Å². The first-order chi connectivity index (χ1) is 14.7. The molecule has 0 saturated heterocycles. The van der Waals surface area contributed by atoms with Gasteiger partial charge in [-0.25, -0.2) is 0 Å². The number of nitrogens with zero attached hydrogens (tertiary/aromatic N) is 2. The predicted octanol–water partition coefficient (Wildman–Crippen LogP) is 3.05. The van der Waals surface area contributed by atoms with E-state index in [9.17, 15) is 20.3 Å². The summed E-state index contributed by atoms with van der Waals surface area (Å²) >= 11 is 3.60. The Morgan fingerprint density at radius 2 is 2.03 bits per heavy atom. The van der Waals surface area contributed by atoms with Gasteiger partial charge in [0.15, 0.2) is 5.82 Å². The molecule has 0 aliphatic carbocycles. The molecule has 31 heavy (non-hydrogen) atoms. The predicted molar refractivity (Wildman–Crippen MR) is 127 cm³/mol. The van der Waals surface area contributed by atoms with Crippen LogP contribution in [0.25, 0.3) is 0 Å². The van der Waals surface area contributed by atoms with E-state index in [1.807, 2.05) is 11.3 Å². The standard InChI is InChI=1S/C21H30N4O4S2/c1-15-10-18(31-20(15)12-24(2)3)14-30-9-8-22-21(13-25(28)29)23-11-19(27)16-4-6-17(26)7-5-16/h4-7,10,13,19,22-23,26-27H,8-9,11-12,14H2,1-3H3/b21-13-. The maximum atomic E-state index is 10.9. The molecule has 4 N–H and O–H groups in total. The van der Waals surface area contributed by atoms with Crippen LogP contribution in [0.4, 0.5) is 0 Å². The van der Waals surface area contributed by atoms with Crippen molar-refractivity contribution in [2.75, 3.05) is 32.9 Å². The lowest BCUT2D eigenvalue weighted by Gasteiger charge is -2.15. The van der Waals surface area contributed by atoms with Gasteiger partial charge in [0.25, 0.3) is 6.20 Å². The van der Waals surface area contributed by atoms with E-state index in [-0.39, 0.29) is 18.1 Å². The normalized spacial score (nSPS) is 12.7. The van der Waals surface area contributed by atoms with Crippen LogP contribution in [-0.4, -0.2) is 53.0 Å². The number of phenolic OH excluding ortho intramolecular Hbond substituents is 1. The fourth-order valence-corrected chi connectivity index (χ4v) is 5.07. The Bertz CT molecular complexity index is 869. The van der Waals surface area contributed by atoms with Crippen molar-refractivity contribution in [3.05, 3.63) is 73.3 Å². The van der Waals surface area contributed by atoms with Crippen molar-refractivity contribution in [3.8, 4) is 5.75 Å². The van der Waals surface area contributed by atoms with Crippen LogP contribution in [0.2, 0.25) is 0 Å². The van der Waals surface area contributed by atoms with Gasteiger partial charge in [0.2, 0.25) is 0 Å². The average Bonchev–Trinajstić information content (AvgIpc) is 3.04. The molecule has 0 spiro atoms. The number of phenols is 1. The van der Waals surface area contributed by atoms with Gasteiger partial charge in [0.1, 0.15) is 5.75 Å². The largest absolute Gasteiger partial charge is 0.508 e. The van der Waals surface area contributed by atoms with Gasteiger partial charge in [0, 0.05) is 40.9 Å². The second-order valence-electron chi connectivity index (χ2n) is 7.35. The molecule has 0 radical (unpaired) electrons. The summed E-state index contributed by atoms with van der Waals surface area (Å²) in [6.07, 6.45) is 0.00929. The summed E-state index contributed by atoms with van der Waals surface area (Å²) in [5.74, 6) is 2.06.